The van der Waals surface area contributed by atoms with Crippen LogP contribution in [0.3, 0.4) is 0 Å². The molecule has 2 rings (SSSR count). The summed E-state index contributed by atoms with van der Waals surface area (Å²) in [6.45, 7) is 0.352. The third-order valence-electron chi connectivity index (χ3n) is 2.68. The second-order valence-corrected chi connectivity index (χ2v) is 6.12. The van der Waals surface area contributed by atoms with Crippen molar-refractivity contribution in [3.63, 3.8) is 0 Å². The zero-order valence-corrected chi connectivity index (χ0v) is 11.5. The molecule has 4 nitrogen and oxygen atoms in total. The van der Waals surface area contributed by atoms with Gasteiger partial charge in [0.05, 0.1) is 11.4 Å². The molecule has 0 aliphatic carbocycles. The molecule has 0 unspecified atom stereocenters. The Morgan fingerprint density at radius 1 is 1.05 bits per heavy atom. The third kappa shape index (κ3) is 4.04. The largest absolute Gasteiger partial charge is 0.326 e. The first-order valence-electron chi connectivity index (χ1n) is 6.02. The minimum absolute atomic E-state index is 0.183. The standard InChI is InChI=1S/C14H15FN2O2S/c15-13-5-2-6-14(8-13)17-20(18,19)10-12-4-1-3-11(7-12)9-16/h1-8,17H,9-10,16H2. The van der Waals surface area contributed by atoms with Crippen molar-refractivity contribution in [2.24, 2.45) is 5.73 Å². The number of benzene rings is 2. The lowest BCUT2D eigenvalue weighted by Gasteiger charge is -2.09. The lowest BCUT2D eigenvalue weighted by Crippen LogP contribution is -2.15. The molecule has 0 aliphatic heterocycles. The predicted octanol–water partition coefficient (Wildman–Crippen LogP) is 2.23. The van der Waals surface area contributed by atoms with Crippen molar-refractivity contribution in [3.05, 3.63) is 65.5 Å². The molecule has 0 atom stereocenters. The number of nitrogens with one attached hydrogen (secondary N) is 1. The summed E-state index contributed by atoms with van der Waals surface area (Å²) in [7, 11) is -3.59. The van der Waals surface area contributed by atoms with Crippen molar-refractivity contribution >= 4 is 15.7 Å². The molecule has 0 amide bonds. The lowest BCUT2D eigenvalue weighted by atomic mass is 10.1. The molecule has 2 aromatic rings. The number of rotatable bonds is 5. The summed E-state index contributed by atoms with van der Waals surface area (Å²) in [6, 6.07) is 12.4. The van der Waals surface area contributed by atoms with Gasteiger partial charge in [0.2, 0.25) is 10.0 Å². The predicted molar refractivity (Wildman–Crippen MR) is 77.0 cm³/mol. The molecule has 0 spiro atoms. The Balaban J connectivity index is 2.14. The van der Waals surface area contributed by atoms with E-state index in [1.807, 2.05) is 6.07 Å². The van der Waals surface area contributed by atoms with Crippen LogP contribution in [-0.4, -0.2) is 8.42 Å². The molecule has 2 aromatic carbocycles. The van der Waals surface area contributed by atoms with Gasteiger partial charge in [-0.2, -0.15) is 0 Å². The van der Waals surface area contributed by atoms with Crippen molar-refractivity contribution in [1.82, 2.24) is 0 Å². The molecule has 0 fully saturated rings. The normalized spacial score (nSPS) is 11.3. The smallest absolute Gasteiger partial charge is 0.236 e. The van der Waals surface area contributed by atoms with E-state index >= 15 is 0 Å². The molecular weight excluding hydrogens is 279 g/mol. The van der Waals surface area contributed by atoms with Crippen LogP contribution in [0, 0.1) is 5.82 Å². The van der Waals surface area contributed by atoms with E-state index < -0.39 is 15.8 Å². The molecule has 0 aromatic heterocycles. The van der Waals surface area contributed by atoms with Crippen LogP contribution in [-0.2, 0) is 22.3 Å². The van der Waals surface area contributed by atoms with Gasteiger partial charge in [0.25, 0.3) is 0 Å². The molecule has 0 aliphatic rings. The zero-order chi connectivity index (χ0) is 14.6. The second-order valence-electron chi connectivity index (χ2n) is 4.40. The van der Waals surface area contributed by atoms with E-state index in [0.29, 0.717) is 12.1 Å². The highest BCUT2D eigenvalue weighted by Crippen LogP contribution is 2.14. The average molecular weight is 294 g/mol. The van der Waals surface area contributed by atoms with Gasteiger partial charge in [0, 0.05) is 6.54 Å². The van der Waals surface area contributed by atoms with Gasteiger partial charge in [0.15, 0.2) is 0 Å². The number of hydrogen-bond donors (Lipinski definition) is 2. The minimum atomic E-state index is -3.59. The number of sulfonamides is 1. The molecular formula is C14H15FN2O2S. The van der Waals surface area contributed by atoms with Crippen molar-refractivity contribution in [2.45, 2.75) is 12.3 Å². The molecule has 106 valence electrons. The Hall–Kier alpha value is -1.92. The van der Waals surface area contributed by atoms with Gasteiger partial charge in [-0.05, 0) is 29.3 Å². The van der Waals surface area contributed by atoms with Crippen LogP contribution in [0.25, 0.3) is 0 Å². The number of hydrogen-bond acceptors (Lipinski definition) is 3. The summed E-state index contributed by atoms with van der Waals surface area (Å²) in [4.78, 5) is 0. The molecule has 0 radical (unpaired) electrons. The Bertz CT molecular complexity index is 702. The first-order valence-corrected chi connectivity index (χ1v) is 7.68. The van der Waals surface area contributed by atoms with Gasteiger partial charge in [-0.3, -0.25) is 4.72 Å². The van der Waals surface area contributed by atoms with Crippen LogP contribution in [0.4, 0.5) is 10.1 Å². The Morgan fingerprint density at radius 2 is 1.75 bits per heavy atom. The average Bonchev–Trinajstić information content (AvgIpc) is 2.37. The van der Waals surface area contributed by atoms with Gasteiger partial charge < -0.3 is 5.73 Å². The molecule has 0 saturated carbocycles. The van der Waals surface area contributed by atoms with Crippen LogP contribution < -0.4 is 10.5 Å². The highest BCUT2D eigenvalue weighted by molar-refractivity contribution is 7.91. The van der Waals surface area contributed by atoms with E-state index in [9.17, 15) is 12.8 Å². The maximum Gasteiger partial charge on any atom is 0.236 e. The SMILES string of the molecule is NCc1cccc(CS(=O)(=O)Nc2cccc(F)c2)c1. The van der Waals surface area contributed by atoms with Crippen molar-refractivity contribution < 1.29 is 12.8 Å². The lowest BCUT2D eigenvalue weighted by molar-refractivity contribution is 0.600. The summed E-state index contributed by atoms with van der Waals surface area (Å²) >= 11 is 0. The first-order chi connectivity index (χ1) is 9.48. The Kier molecular flexibility index (Phi) is 4.36. The van der Waals surface area contributed by atoms with Crippen LogP contribution >= 0.6 is 0 Å². The van der Waals surface area contributed by atoms with E-state index in [0.717, 1.165) is 11.6 Å². The fourth-order valence-corrected chi connectivity index (χ4v) is 3.01. The van der Waals surface area contributed by atoms with Crippen molar-refractivity contribution in [3.8, 4) is 0 Å². The monoisotopic (exact) mass is 294 g/mol. The van der Waals surface area contributed by atoms with Crippen LogP contribution in [0.15, 0.2) is 48.5 Å². The fourth-order valence-electron chi connectivity index (χ4n) is 1.83. The van der Waals surface area contributed by atoms with E-state index in [1.54, 1.807) is 18.2 Å². The number of halogens is 1. The van der Waals surface area contributed by atoms with Crippen LogP contribution in [0.5, 0.6) is 0 Å². The summed E-state index contributed by atoms with van der Waals surface area (Å²) in [5.41, 5.74) is 7.22. The van der Waals surface area contributed by atoms with E-state index in [-0.39, 0.29) is 11.4 Å². The van der Waals surface area contributed by atoms with Crippen molar-refractivity contribution in [1.29, 1.82) is 0 Å². The van der Waals surface area contributed by atoms with Crippen LogP contribution in [0.1, 0.15) is 11.1 Å². The van der Waals surface area contributed by atoms with E-state index in [4.69, 9.17) is 5.73 Å². The van der Waals surface area contributed by atoms with Gasteiger partial charge in [-0.15, -0.1) is 0 Å². The summed E-state index contributed by atoms with van der Waals surface area (Å²) in [5.74, 6) is -0.674. The topological polar surface area (TPSA) is 72.2 Å². The third-order valence-corrected chi connectivity index (χ3v) is 3.94. The van der Waals surface area contributed by atoms with Gasteiger partial charge in [-0.25, -0.2) is 12.8 Å². The zero-order valence-electron chi connectivity index (χ0n) is 10.7. The Labute approximate surface area is 117 Å². The molecule has 3 N–H and O–H groups in total. The quantitative estimate of drug-likeness (QED) is 0.888. The van der Waals surface area contributed by atoms with Gasteiger partial charge >= 0.3 is 0 Å². The van der Waals surface area contributed by atoms with Crippen LogP contribution in [0.2, 0.25) is 0 Å². The minimum Gasteiger partial charge on any atom is -0.326 e. The molecule has 20 heavy (non-hydrogen) atoms. The molecule has 6 heteroatoms. The summed E-state index contributed by atoms with van der Waals surface area (Å²) in [6.07, 6.45) is 0. The maximum atomic E-state index is 13.0. The number of anilines is 1. The van der Waals surface area contributed by atoms with Crippen molar-refractivity contribution in [2.75, 3.05) is 4.72 Å². The summed E-state index contributed by atoms with van der Waals surface area (Å²) in [5, 5.41) is 0. The summed E-state index contributed by atoms with van der Waals surface area (Å²) < 4.78 is 39.4. The first kappa shape index (κ1) is 14.5. The van der Waals surface area contributed by atoms with Gasteiger partial charge in [0.1, 0.15) is 5.82 Å². The highest BCUT2D eigenvalue weighted by atomic mass is 32.2. The van der Waals surface area contributed by atoms with Gasteiger partial charge in [-0.1, -0.05) is 30.3 Å². The second kappa shape index (κ2) is 6.02. The molecule has 0 bridgehead atoms. The highest BCUT2D eigenvalue weighted by Gasteiger charge is 2.12. The molecule has 0 saturated heterocycles. The van der Waals surface area contributed by atoms with E-state index in [1.165, 1.54) is 18.2 Å². The maximum absolute atomic E-state index is 13.0. The fraction of sp³-hybridized carbons (Fsp3) is 0.143. The van der Waals surface area contributed by atoms with E-state index in [2.05, 4.69) is 4.72 Å². The number of nitrogens with two attached hydrogens (primary N) is 1. The molecule has 0 heterocycles. The Morgan fingerprint density at radius 3 is 2.45 bits per heavy atom.